The lowest BCUT2D eigenvalue weighted by atomic mass is 9.78. The minimum absolute atomic E-state index is 0.0569. The molecule has 0 unspecified atom stereocenters. The van der Waals surface area contributed by atoms with E-state index in [4.69, 9.17) is 0 Å². The van der Waals surface area contributed by atoms with Gasteiger partial charge in [0.05, 0.1) is 0 Å². The summed E-state index contributed by atoms with van der Waals surface area (Å²) in [6.45, 7) is 4.95. The summed E-state index contributed by atoms with van der Waals surface area (Å²) in [6.07, 6.45) is 2.69. The van der Waals surface area contributed by atoms with Crippen molar-refractivity contribution >= 4 is 5.91 Å². The Bertz CT molecular complexity index is 942. The molecule has 5 rings (SSSR count). The molecule has 2 aromatic rings. The minimum atomic E-state index is -0.393. The number of H-pyrrole nitrogens is 1. The Labute approximate surface area is 163 Å². The van der Waals surface area contributed by atoms with Gasteiger partial charge in [-0.05, 0) is 32.3 Å². The van der Waals surface area contributed by atoms with Crippen LogP contribution in [-0.2, 0) is 4.79 Å². The number of piperidine rings is 2. The highest BCUT2D eigenvalue weighted by Crippen LogP contribution is 2.40. The van der Waals surface area contributed by atoms with Gasteiger partial charge in [0.25, 0.3) is 5.56 Å². The van der Waals surface area contributed by atoms with Crippen LogP contribution in [0.2, 0.25) is 0 Å². The predicted octanol–water partition coefficient (Wildman–Crippen LogP) is 0.929. The Morgan fingerprint density at radius 3 is 2.75 bits per heavy atom. The first kappa shape index (κ1) is 17.6. The van der Waals surface area contributed by atoms with Crippen molar-refractivity contribution in [2.75, 3.05) is 26.2 Å². The summed E-state index contributed by atoms with van der Waals surface area (Å²) in [5.74, 6) is 2.54. The van der Waals surface area contributed by atoms with E-state index in [-0.39, 0.29) is 23.3 Å². The zero-order chi connectivity index (χ0) is 19.3. The summed E-state index contributed by atoms with van der Waals surface area (Å²) in [5, 5.41) is 10.7. The number of aromatic amines is 1. The van der Waals surface area contributed by atoms with E-state index in [1.807, 2.05) is 24.0 Å². The molecule has 0 aliphatic carbocycles. The lowest BCUT2D eigenvalue weighted by Crippen LogP contribution is -2.53. The number of fused-ring (bicyclic) bond motifs is 4. The van der Waals surface area contributed by atoms with Crippen molar-refractivity contribution in [1.82, 2.24) is 30.0 Å². The van der Waals surface area contributed by atoms with Crippen molar-refractivity contribution in [2.45, 2.75) is 44.1 Å². The average molecular weight is 382 g/mol. The molecule has 0 aromatic carbocycles. The van der Waals surface area contributed by atoms with Crippen LogP contribution in [0, 0.1) is 12.8 Å². The van der Waals surface area contributed by atoms with Crippen LogP contribution in [0.3, 0.4) is 0 Å². The number of rotatable bonds is 2. The number of hydrogen-bond acceptors (Lipinski definition) is 5. The summed E-state index contributed by atoms with van der Waals surface area (Å²) in [7, 11) is 0. The lowest BCUT2D eigenvalue weighted by molar-refractivity contribution is -0.138. The molecule has 2 saturated heterocycles. The monoisotopic (exact) mass is 382 g/mol. The number of aryl methyl sites for hydroxylation is 1. The molecule has 0 radical (unpaired) electrons. The number of aromatic nitrogens is 4. The van der Waals surface area contributed by atoms with Gasteiger partial charge in [-0.3, -0.25) is 19.3 Å². The number of nitrogens with zero attached hydrogens (tertiary/aromatic N) is 4. The van der Waals surface area contributed by atoms with Gasteiger partial charge in [0.15, 0.2) is 5.82 Å². The van der Waals surface area contributed by atoms with Gasteiger partial charge < -0.3 is 10.2 Å². The SMILES string of the molecule is Cc1nc(C2CCN(C(=O)[C@H]3[C@@H]4CNC[C@@H](C4)c4cccc(=O)n43)CC2)n[nH]1. The maximum absolute atomic E-state index is 13.5. The van der Waals surface area contributed by atoms with Crippen LogP contribution in [0.5, 0.6) is 0 Å². The molecule has 0 spiro atoms. The molecule has 2 N–H and O–H groups in total. The van der Waals surface area contributed by atoms with E-state index in [2.05, 4.69) is 20.5 Å². The van der Waals surface area contributed by atoms with E-state index in [9.17, 15) is 9.59 Å². The highest BCUT2D eigenvalue weighted by atomic mass is 16.2. The molecule has 8 nitrogen and oxygen atoms in total. The third kappa shape index (κ3) is 2.87. The van der Waals surface area contributed by atoms with Crippen LogP contribution >= 0.6 is 0 Å². The van der Waals surface area contributed by atoms with Gasteiger partial charge in [-0.2, -0.15) is 5.10 Å². The molecule has 0 saturated carbocycles. The van der Waals surface area contributed by atoms with Crippen LogP contribution in [0.15, 0.2) is 23.0 Å². The molecule has 5 heterocycles. The van der Waals surface area contributed by atoms with E-state index in [0.29, 0.717) is 19.0 Å². The fraction of sp³-hybridized carbons (Fsp3) is 0.600. The molecule has 2 aromatic heterocycles. The Morgan fingerprint density at radius 2 is 2.00 bits per heavy atom. The third-order valence-corrected chi connectivity index (χ3v) is 6.59. The fourth-order valence-electron chi connectivity index (χ4n) is 5.20. The van der Waals surface area contributed by atoms with Crippen LogP contribution in [-0.4, -0.2) is 56.7 Å². The highest BCUT2D eigenvalue weighted by Gasteiger charge is 2.43. The van der Waals surface area contributed by atoms with Crippen LogP contribution in [0.25, 0.3) is 0 Å². The number of carbonyl (C=O) groups is 1. The number of carbonyl (C=O) groups excluding carboxylic acids is 1. The second-order valence-electron chi connectivity index (χ2n) is 8.33. The van der Waals surface area contributed by atoms with Gasteiger partial charge in [0.1, 0.15) is 11.9 Å². The van der Waals surface area contributed by atoms with Crippen LogP contribution in [0.4, 0.5) is 0 Å². The molecular weight excluding hydrogens is 356 g/mol. The van der Waals surface area contributed by atoms with Gasteiger partial charge in [-0.1, -0.05) is 6.07 Å². The first-order valence-corrected chi connectivity index (χ1v) is 10.2. The first-order chi connectivity index (χ1) is 13.6. The average Bonchev–Trinajstić information content (AvgIpc) is 3.15. The van der Waals surface area contributed by atoms with E-state index in [1.54, 1.807) is 10.6 Å². The summed E-state index contributed by atoms with van der Waals surface area (Å²) in [6, 6.07) is 5.01. The Hall–Kier alpha value is -2.48. The molecule has 3 atom stereocenters. The van der Waals surface area contributed by atoms with E-state index < -0.39 is 6.04 Å². The van der Waals surface area contributed by atoms with Crippen molar-refractivity contribution in [3.05, 3.63) is 45.9 Å². The highest BCUT2D eigenvalue weighted by molar-refractivity contribution is 5.81. The van der Waals surface area contributed by atoms with Crippen LogP contribution < -0.4 is 10.9 Å². The normalized spacial score (nSPS) is 27.5. The number of pyridine rings is 1. The molecule has 2 fully saturated rings. The topological polar surface area (TPSA) is 95.9 Å². The molecule has 28 heavy (non-hydrogen) atoms. The first-order valence-electron chi connectivity index (χ1n) is 10.2. The fourth-order valence-corrected chi connectivity index (χ4v) is 5.20. The molecule has 3 aliphatic heterocycles. The van der Waals surface area contributed by atoms with Crippen molar-refractivity contribution in [1.29, 1.82) is 0 Å². The maximum Gasteiger partial charge on any atom is 0.251 e. The quantitative estimate of drug-likeness (QED) is 0.806. The molecule has 3 aliphatic rings. The van der Waals surface area contributed by atoms with Gasteiger partial charge in [0.2, 0.25) is 5.91 Å². The van der Waals surface area contributed by atoms with Gasteiger partial charge >= 0.3 is 0 Å². The third-order valence-electron chi connectivity index (χ3n) is 6.59. The van der Waals surface area contributed by atoms with Crippen molar-refractivity contribution in [3.63, 3.8) is 0 Å². The van der Waals surface area contributed by atoms with Crippen molar-refractivity contribution in [2.24, 2.45) is 5.92 Å². The zero-order valence-electron chi connectivity index (χ0n) is 16.1. The predicted molar refractivity (Wildman–Crippen MR) is 103 cm³/mol. The van der Waals surface area contributed by atoms with E-state index in [1.165, 1.54) is 0 Å². The summed E-state index contributed by atoms with van der Waals surface area (Å²) in [5.41, 5.74) is 0.943. The standard InChI is InChI=1S/C20H26N6O2/c1-12-22-19(24-23-12)13-5-7-25(8-6-13)20(28)18-15-9-14(10-21-11-15)16-3-2-4-17(27)26(16)18/h2-4,13-15,18,21H,5-11H2,1H3,(H,22,23,24)/t14-,15+,18-/m1/s1. The number of amides is 1. The summed E-state index contributed by atoms with van der Waals surface area (Å²) in [4.78, 5) is 32.6. The second kappa shape index (κ2) is 6.84. The van der Waals surface area contributed by atoms with Gasteiger partial charge in [-0.25, -0.2) is 4.98 Å². The van der Waals surface area contributed by atoms with E-state index >= 15 is 0 Å². The number of hydrogen-bond donors (Lipinski definition) is 2. The van der Waals surface area contributed by atoms with Crippen molar-refractivity contribution in [3.8, 4) is 0 Å². The van der Waals surface area contributed by atoms with E-state index in [0.717, 1.165) is 49.7 Å². The largest absolute Gasteiger partial charge is 0.341 e. The zero-order valence-corrected chi connectivity index (χ0v) is 16.1. The Kier molecular flexibility index (Phi) is 4.30. The van der Waals surface area contributed by atoms with Crippen LogP contribution in [0.1, 0.15) is 54.5 Å². The molecule has 148 valence electrons. The van der Waals surface area contributed by atoms with Gasteiger partial charge in [0, 0.05) is 55.7 Å². The minimum Gasteiger partial charge on any atom is -0.341 e. The van der Waals surface area contributed by atoms with Crippen molar-refractivity contribution < 1.29 is 4.79 Å². The molecule has 1 amide bonds. The molecule has 8 heteroatoms. The molecular formula is C20H26N6O2. The van der Waals surface area contributed by atoms with Gasteiger partial charge in [-0.15, -0.1) is 0 Å². The number of likely N-dealkylation sites (tertiary alicyclic amines) is 1. The Morgan fingerprint density at radius 1 is 1.18 bits per heavy atom. The molecule has 2 bridgehead atoms. The maximum atomic E-state index is 13.5. The Balaban J connectivity index is 1.38. The number of nitrogens with one attached hydrogen (secondary N) is 2. The second-order valence-corrected chi connectivity index (χ2v) is 8.33. The summed E-state index contributed by atoms with van der Waals surface area (Å²) >= 11 is 0. The lowest BCUT2D eigenvalue weighted by Gasteiger charge is -2.44. The smallest absolute Gasteiger partial charge is 0.251 e. The summed E-state index contributed by atoms with van der Waals surface area (Å²) < 4.78 is 1.78.